The first kappa shape index (κ1) is 11.9. The summed E-state index contributed by atoms with van der Waals surface area (Å²) in [6, 6.07) is 12.1. The molecular formula is C12H6Cl2NO2. The molecule has 0 saturated heterocycles. The Bertz CT molecular complexity index is 584. The molecule has 0 spiro atoms. The van der Waals surface area contributed by atoms with Crippen molar-refractivity contribution >= 4 is 28.9 Å². The fourth-order valence-electron chi connectivity index (χ4n) is 1.43. The van der Waals surface area contributed by atoms with Gasteiger partial charge < -0.3 is 0 Å². The van der Waals surface area contributed by atoms with Gasteiger partial charge in [-0.3, -0.25) is 10.1 Å². The molecule has 0 aromatic heterocycles. The van der Waals surface area contributed by atoms with Gasteiger partial charge in [-0.25, -0.2) is 0 Å². The van der Waals surface area contributed by atoms with Gasteiger partial charge in [-0.2, -0.15) is 0 Å². The molecular weight excluding hydrogens is 261 g/mol. The molecule has 0 unspecified atom stereocenters. The van der Waals surface area contributed by atoms with E-state index in [9.17, 15) is 10.1 Å². The first-order valence-corrected chi connectivity index (χ1v) is 5.45. The molecule has 0 atom stereocenters. The molecule has 17 heavy (non-hydrogen) atoms. The van der Waals surface area contributed by atoms with E-state index < -0.39 is 4.92 Å². The van der Waals surface area contributed by atoms with Crippen LogP contribution in [0.1, 0.15) is 0 Å². The third-order valence-corrected chi connectivity index (χ3v) is 2.78. The van der Waals surface area contributed by atoms with Crippen molar-refractivity contribution in [3.63, 3.8) is 0 Å². The van der Waals surface area contributed by atoms with Crippen molar-refractivity contribution in [2.45, 2.75) is 0 Å². The molecule has 0 aliphatic carbocycles. The van der Waals surface area contributed by atoms with E-state index in [4.69, 9.17) is 23.2 Å². The second kappa shape index (κ2) is 4.73. The molecule has 0 fully saturated rings. The molecule has 0 aliphatic rings. The van der Waals surface area contributed by atoms with E-state index in [0.29, 0.717) is 21.2 Å². The van der Waals surface area contributed by atoms with Crippen LogP contribution in [-0.4, -0.2) is 4.92 Å². The Kier molecular flexibility index (Phi) is 3.31. The van der Waals surface area contributed by atoms with Crippen LogP contribution in [0.25, 0.3) is 11.1 Å². The highest BCUT2D eigenvalue weighted by Crippen LogP contribution is 2.31. The zero-order valence-electron chi connectivity index (χ0n) is 8.48. The van der Waals surface area contributed by atoms with E-state index in [2.05, 4.69) is 6.07 Å². The van der Waals surface area contributed by atoms with Gasteiger partial charge in [0.1, 0.15) is 0 Å². The lowest BCUT2D eigenvalue weighted by molar-refractivity contribution is -0.384. The molecule has 0 N–H and O–H groups in total. The normalized spacial score (nSPS) is 10.2. The first-order valence-electron chi connectivity index (χ1n) is 4.69. The number of rotatable bonds is 2. The minimum atomic E-state index is -0.463. The van der Waals surface area contributed by atoms with E-state index in [1.807, 2.05) is 0 Å². The van der Waals surface area contributed by atoms with Gasteiger partial charge in [-0.15, -0.1) is 0 Å². The first-order chi connectivity index (χ1) is 8.08. The van der Waals surface area contributed by atoms with Gasteiger partial charge in [0.05, 0.1) is 4.92 Å². The number of hydrogen-bond acceptors (Lipinski definition) is 2. The highest BCUT2D eigenvalue weighted by molar-refractivity contribution is 6.35. The summed E-state index contributed by atoms with van der Waals surface area (Å²) in [4.78, 5) is 10.2. The summed E-state index contributed by atoms with van der Waals surface area (Å²) >= 11 is 11.9. The summed E-state index contributed by atoms with van der Waals surface area (Å²) in [7, 11) is 0. The van der Waals surface area contributed by atoms with Crippen molar-refractivity contribution in [1.82, 2.24) is 0 Å². The van der Waals surface area contributed by atoms with Gasteiger partial charge in [0.2, 0.25) is 0 Å². The number of halogens is 2. The highest BCUT2D eigenvalue weighted by Gasteiger charge is 2.10. The summed E-state index contributed by atoms with van der Waals surface area (Å²) in [5.41, 5.74) is 1.17. The average Bonchev–Trinajstić information content (AvgIpc) is 2.32. The van der Waals surface area contributed by atoms with Crippen LogP contribution in [0.3, 0.4) is 0 Å². The second-order valence-electron chi connectivity index (χ2n) is 3.34. The Morgan fingerprint density at radius 3 is 2.65 bits per heavy atom. The predicted octanol–water partition coefficient (Wildman–Crippen LogP) is 4.37. The third-order valence-electron chi connectivity index (χ3n) is 2.21. The smallest absolute Gasteiger partial charge is 0.258 e. The van der Waals surface area contributed by atoms with E-state index in [0.717, 1.165) is 0 Å². The molecule has 0 aliphatic heterocycles. The number of nitro benzene ring substituents is 1. The Labute approximate surface area is 108 Å². The van der Waals surface area contributed by atoms with Crippen molar-refractivity contribution < 1.29 is 4.92 Å². The molecule has 0 amide bonds. The van der Waals surface area contributed by atoms with Gasteiger partial charge in [0.15, 0.2) is 0 Å². The lowest BCUT2D eigenvalue weighted by atomic mass is 10.1. The molecule has 2 rings (SSSR count). The largest absolute Gasteiger partial charge is 0.270 e. The Hall–Kier alpha value is -1.58. The van der Waals surface area contributed by atoms with Crippen LogP contribution in [0.15, 0.2) is 36.4 Å². The molecule has 0 saturated carbocycles. The van der Waals surface area contributed by atoms with Gasteiger partial charge in [0.25, 0.3) is 5.69 Å². The summed E-state index contributed by atoms with van der Waals surface area (Å²) < 4.78 is 0. The molecule has 2 aromatic rings. The lowest BCUT2D eigenvalue weighted by Gasteiger charge is -2.04. The van der Waals surface area contributed by atoms with Crippen LogP contribution >= 0.6 is 23.2 Å². The van der Waals surface area contributed by atoms with Gasteiger partial charge in [0, 0.05) is 27.7 Å². The van der Waals surface area contributed by atoms with Crippen LogP contribution in [0.2, 0.25) is 10.0 Å². The van der Waals surface area contributed by atoms with Crippen LogP contribution in [-0.2, 0) is 0 Å². The molecule has 1 radical (unpaired) electrons. The van der Waals surface area contributed by atoms with Gasteiger partial charge in [-0.05, 0) is 35.9 Å². The summed E-state index contributed by atoms with van der Waals surface area (Å²) in [6.07, 6.45) is 0. The number of benzene rings is 2. The summed E-state index contributed by atoms with van der Waals surface area (Å²) in [5.74, 6) is 0. The number of hydrogen-bond donors (Lipinski definition) is 0. The maximum Gasteiger partial charge on any atom is 0.270 e. The Balaban J connectivity index is 2.56. The fraction of sp³-hybridized carbons (Fsp3) is 0. The van der Waals surface area contributed by atoms with Crippen LogP contribution in [0.5, 0.6) is 0 Å². The topological polar surface area (TPSA) is 43.1 Å². The van der Waals surface area contributed by atoms with Gasteiger partial charge in [-0.1, -0.05) is 23.2 Å². The minimum absolute atomic E-state index is 0.00482. The van der Waals surface area contributed by atoms with Crippen molar-refractivity contribution in [2.24, 2.45) is 0 Å². The van der Waals surface area contributed by atoms with Crippen molar-refractivity contribution in [3.8, 4) is 11.1 Å². The zero-order valence-corrected chi connectivity index (χ0v) is 10.00. The predicted molar refractivity (Wildman–Crippen MR) is 67.4 cm³/mol. The summed E-state index contributed by atoms with van der Waals surface area (Å²) in [6.45, 7) is 0. The van der Waals surface area contributed by atoms with Crippen LogP contribution in [0.4, 0.5) is 5.69 Å². The van der Waals surface area contributed by atoms with Crippen molar-refractivity contribution in [1.29, 1.82) is 0 Å². The lowest BCUT2D eigenvalue weighted by Crippen LogP contribution is -1.88. The second-order valence-corrected chi connectivity index (χ2v) is 4.19. The van der Waals surface area contributed by atoms with E-state index >= 15 is 0 Å². The quantitative estimate of drug-likeness (QED) is 0.599. The molecule has 3 nitrogen and oxygen atoms in total. The van der Waals surface area contributed by atoms with Crippen LogP contribution in [0, 0.1) is 16.2 Å². The monoisotopic (exact) mass is 266 g/mol. The van der Waals surface area contributed by atoms with E-state index in [1.165, 1.54) is 18.2 Å². The van der Waals surface area contributed by atoms with Crippen molar-refractivity contribution in [3.05, 3.63) is 62.6 Å². The SMILES string of the molecule is O=[N+]([O-])c1cc[c]c(-c2cc(Cl)ccc2Cl)c1. The molecule has 0 bridgehead atoms. The highest BCUT2D eigenvalue weighted by atomic mass is 35.5. The number of nitro groups is 1. The van der Waals surface area contributed by atoms with Gasteiger partial charge >= 0.3 is 0 Å². The average molecular weight is 267 g/mol. The summed E-state index contributed by atoms with van der Waals surface area (Å²) in [5, 5.41) is 11.7. The Morgan fingerprint density at radius 1 is 1.18 bits per heavy atom. The fourth-order valence-corrected chi connectivity index (χ4v) is 1.82. The third kappa shape index (κ3) is 2.57. The number of nitrogens with zero attached hydrogens (tertiary/aromatic N) is 1. The molecule has 0 heterocycles. The van der Waals surface area contributed by atoms with Crippen LogP contribution < -0.4 is 0 Å². The van der Waals surface area contributed by atoms with Crippen molar-refractivity contribution in [2.75, 3.05) is 0 Å². The van der Waals surface area contributed by atoms with E-state index in [1.54, 1.807) is 18.2 Å². The van der Waals surface area contributed by atoms with E-state index in [-0.39, 0.29) is 5.69 Å². The Morgan fingerprint density at radius 2 is 1.94 bits per heavy atom. The number of non-ortho nitro benzene ring substituents is 1. The molecule has 2 aromatic carbocycles. The standard InChI is InChI=1S/C12H6Cl2NO2/c13-9-4-5-12(14)11(7-9)8-2-1-3-10(6-8)15(16)17/h1,3-7H. The molecule has 5 heteroatoms. The zero-order chi connectivity index (χ0) is 12.4. The maximum atomic E-state index is 10.7. The minimum Gasteiger partial charge on any atom is -0.258 e. The maximum absolute atomic E-state index is 10.7. The molecule has 85 valence electrons.